The van der Waals surface area contributed by atoms with Crippen LogP contribution in [0.5, 0.6) is 0 Å². The predicted molar refractivity (Wildman–Crippen MR) is 102 cm³/mol. The van der Waals surface area contributed by atoms with Crippen molar-refractivity contribution >= 4 is 11.8 Å². The third-order valence-corrected chi connectivity index (χ3v) is 5.84. The second kappa shape index (κ2) is 8.26. The molecule has 0 unspecified atom stereocenters. The predicted octanol–water partition coefficient (Wildman–Crippen LogP) is 2.06. The number of primary amides is 1. The third kappa shape index (κ3) is 4.58. The fourth-order valence-corrected chi connectivity index (χ4v) is 4.03. The summed E-state index contributed by atoms with van der Waals surface area (Å²) in [7, 11) is 0. The molecule has 0 aromatic carbocycles. The van der Waals surface area contributed by atoms with Crippen molar-refractivity contribution in [3.63, 3.8) is 0 Å². The number of nitrogens with two attached hydrogens (primary N) is 1. The molecule has 26 heavy (non-hydrogen) atoms. The molecule has 2 atom stereocenters. The van der Waals surface area contributed by atoms with E-state index in [0.717, 1.165) is 19.3 Å². The molecule has 1 rings (SSSR count). The molecule has 1 aliphatic carbocycles. The number of amides is 2. The molecule has 0 aliphatic heterocycles. The summed E-state index contributed by atoms with van der Waals surface area (Å²) in [6.45, 7) is 11.2. The van der Waals surface area contributed by atoms with Crippen molar-refractivity contribution in [1.82, 2.24) is 4.90 Å². The van der Waals surface area contributed by atoms with Crippen LogP contribution in [0.3, 0.4) is 0 Å². The van der Waals surface area contributed by atoms with Gasteiger partial charge in [-0.05, 0) is 23.7 Å². The van der Waals surface area contributed by atoms with Crippen LogP contribution in [-0.2, 0) is 9.59 Å². The van der Waals surface area contributed by atoms with Crippen LogP contribution in [0.25, 0.3) is 0 Å². The molecule has 0 aromatic heterocycles. The lowest BCUT2D eigenvalue weighted by Gasteiger charge is -2.50. The number of hydrogen-bond acceptors (Lipinski definition) is 4. The monoisotopic (exact) mass is 370 g/mol. The summed E-state index contributed by atoms with van der Waals surface area (Å²) in [4.78, 5) is 27.7. The molecule has 0 bridgehead atoms. The first-order valence-electron chi connectivity index (χ1n) is 9.67. The van der Waals surface area contributed by atoms with Gasteiger partial charge in [0.25, 0.3) is 0 Å². The summed E-state index contributed by atoms with van der Waals surface area (Å²) in [6.07, 6.45) is 3.40. The molecule has 0 radical (unpaired) electrons. The quantitative estimate of drug-likeness (QED) is 0.623. The molecule has 0 saturated heterocycles. The first kappa shape index (κ1) is 22.9. The molecule has 0 heterocycles. The molecule has 2 amide bonds. The van der Waals surface area contributed by atoms with Gasteiger partial charge in [-0.3, -0.25) is 9.59 Å². The number of carbonyl (C=O) groups is 2. The fourth-order valence-electron chi connectivity index (χ4n) is 4.03. The zero-order valence-corrected chi connectivity index (χ0v) is 17.3. The van der Waals surface area contributed by atoms with Gasteiger partial charge in [-0.15, -0.1) is 0 Å². The Morgan fingerprint density at radius 2 is 1.31 bits per heavy atom. The van der Waals surface area contributed by atoms with E-state index in [4.69, 9.17) is 5.73 Å². The molecule has 6 nitrogen and oxygen atoms in total. The fraction of sp³-hybridized carbons (Fsp3) is 0.900. The van der Waals surface area contributed by atoms with E-state index in [1.165, 1.54) is 0 Å². The summed E-state index contributed by atoms with van der Waals surface area (Å²) in [5, 5.41) is 20.2. The molecule has 1 aliphatic rings. The van der Waals surface area contributed by atoms with Gasteiger partial charge in [0.2, 0.25) is 11.8 Å². The zero-order chi connectivity index (χ0) is 20.3. The Kier molecular flexibility index (Phi) is 7.27. The van der Waals surface area contributed by atoms with Crippen molar-refractivity contribution in [2.45, 2.75) is 85.7 Å². The van der Waals surface area contributed by atoms with Crippen molar-refractivity contribution < 1.29 is 19.8 Å². The number of carbonyl (C=O) groups excluding carboxylic acids is 2. The Morgan fingerprint density at radius 3 is 1.58 bits per heavy atom. The zero-order valence-electron chi connectivity index (χ0n) is 17.3. The maximum Gasteiger partial charge on any atom is 0.238 e. The van der Waals surface area contributed by atoms with Gasteiger partial charge in [-0.2, -0.15) is 0 Å². The highest BCUT2D eigenvalue weighted by atomic mass is 16.3. The van der Waals surface area contributed by atoms with E-state index < -0.39 is 34.2 Å². The second-order valence-electron chi connectivity index (χ2n) is 9.85. The maximum absolute atomic E-state index is 13.8. The van der Waals surface area contributed by atoms with Crippen LogP contribution in [0, 0.1) is 16.2 Å². The molecular formula is C20H38N2O4. The van der Waals surface area contributed by atoms with Gasteiger partial charge >= 0.3 is 0 Å². The first-order valence-corrected chi connectivity index (χ1v) is 9.67. The summed E-state index contributed by atoms with van der Waals surface area (Å²) in [5.41, 5.74) is 3.65. The molecule has 152 valence electrons. The van der Waals surface area contributed by atoms with Gasteiger partial charge in [-0.1, -0.05) is 60.8 Å². The van der Waals surface area contributed by atoms with Crippen molar-refractivity contribution in [1.29, 1.82) is 0 Å². The van der Waals surface area contributed by atoms with Crippen LogP contribution in [0.2, 0.25) is 0 Å². The van der Waals surface area contributed by atoms with Gasteiger partial charge in [0, 0.05) is 0 Å². The van der Waals surface area contributed by atoms with Gasteiger partial charge in [0.05, 0.1) is 25.3 Å². The molecular weight excluding hydrogens is 332 g/mol. The highest BCUT2D eigenvalue weighted by Gasteiger charge is 2.52. The largest absolute Gasteiger partial charge is 0.394 e. The lowest BCUT2D eigenvalue weighted by Crippen LogP contribution is -2.64. The number of rotatable bonds is 6. The van der Waals surface area contributed by atoms with Gasteiger partial charge < -0.3 is 20.8 Å². The van der Waals surface area contributed by atoms with E-state index in [9.17, 15) is 19.8 Å². The summed E-state index contributed by atoms with van der Waals surface area (Å²) >= 11 is 0. The first-order chi connectivity index (χ1) is 11.8. The van der Waals surface area contributed by atoms with E-state index in [1.807, 2.05) is 41.5 Å². The smallest absolute Gasteiger partial charge is 0.238 e. The molecule has 1 saturated carbocycles. The summed E-state index contributed by atoms with van der Waals surface area (Å²) < 4.78 is 0. The number of aliphatic hydroxyl groups excluding tert-OH is 2. The van der Waals surface area contributed by atoms with E-state index in [1.54, 1.807) is 4.90 Å². The number of hydrogen-bond donors (Lipinski definition) is 3. The maximum atomic E-state index is 13.8. The van der Waals surface area contributed by atoms with E-state index in [-0.39, 0.29) is 19.1 Å². The third-order valence-electron chi connectivity index (χ3n) is 5.84. The Balaban J connectivity index is 3.51. The normalized spacial score (nSPS) is 20.3. The Labute approximate surface area is 158 Å². The molecule has 1 fully saturated rings. The van der Waals surface area contributed by atoms with Gasteiger partial charge in [0.1, 0.15) is 5.41 Å². The topological polar surface area (TPSA) is 104 Å². The van der Waals surface area contributed by atoms with Crippen molar-refractivity contribution in [3.05, 3.63) is 0 Å². The lowest BCUT2D eigenvalue weighted by atomic mass is 9.70. The van der Waals surface area contributed by atoms with Crippen molar-refractivity contribution in [3.8, 4) is 0 Å². The summed E-state index contributed by atoms with van der Waals surface area (Å²) in [5.74, 6) is -0.934. The second-order valence-corrected chi connectivity index (χ2v) is 9.85. The van der Waals surface area contributed by atoms with Crippen LogP contribution in [0.4, 0.5) is 0 Å². The van der Waals surface area contributed by atoms with Gasteiger partial charge in [-0.25, -0.2) is 0 Å². The van der Waals surface area contributed by atoms with Crippen molar-refractivity contribution in [2.24, 2.45) is 22.0 Å². The van der Waals surface area contributed by atoms with Gasteiger partial charge in [0.15, 0.2) is 0 Å². The van der Waals surface area contributed by atoms with E-state index in [2.05, 4.69) is 0 Å². The van der Waals surface area contributed by atoms with Crippen LogP contribution in [-0.4, -0.2) is 52.2 Å². The van der Waals surface area contributed by atoms with Crippen LogP contribution in [0.1, 0.15) is 73.6 Å². The summed E-state index contributed by atoms with van der Waals surface area (Å²) in [6, 6.07) is -1.05. The number of nitrogens with zero attached hydrogens (tertiary/aromatic N) is 1. The Morgan fingerprint density at radius 1 is 0.923 bits per heavy atom. The average Bonchev–Trinajstić information content (AvgIpc) is 2.52. The number of aliphatic hydroxyl groups is 2. The Hall–Kier alpha value is -1.14. The minimum atomic E-state index is -1.24. The molecule has 4 N–H and O–H groups in total. The lowest BCUT2D eigenvalue weighted by molar-refractivity contribution is -0.164. The van der Waals surface area contributed by atoms with E-state index in [0.29, 0.717) is 12.8 Å². The average molecular weight is 371 g/mol. The standard InChI is InChI=1S/C20H38N2O4/c1-18(2,3)14(12-23)22(15(13-24)19(4,5)6)17(26)20(16(21)25)10-8-7-9-11-20/h14-15,23-24H,7-13H2,1-6H3,(H2,21,25)/t14-,15-/m1/s1. The van der Waals surface area contributed by atoms with Crippen LogP contribution >= 0.6 is 0 Å². The molecule has 0 aromatic rings. The van der Waals surface area contributed by atoms with Crippen LogP contribution in [0.15, 0.2) is 0 Å². The minimum absolute atomic E-state index is 0.239. The highest BCUT2D eigenvalue weighted by molar-refractivity contribution is 6.04. The SMILES string of the molecule is CC(C)(C)[C@@H](CO)N(C(=O)C1(C(N)=O)CCCCC1)[C@H](CO)C(C)(C)C. The van der Waals surface area contributed by atoms with E-state index >= 15 is 0 Å². The highest BCUT2D eigenvalue weighted by Crippen LogP contribution is 2.42. The Bertz CT molecular complexity index is 477. The van der Waals surface area contributed by atoms with Crippen molar-refractivity contribution in [2.75, 3.05) is 13.2 Å². The molecule has 0 spiro atoms. The minimum Gasteiger partial charge on any atom is -0.394 e. The van der Waals surface area contributed by atoms with Crippen LogP contribution < -0.4 is 5.73 Å². The molecule has 6 heteroatoms.